The molecule has 6 nitrogen and oxygen atoms in total. The fourth-order valence-corrected chi connectivity index (χ4v) is 1.92. The molecule has 1 N–H and O–H groups in total. The molecule has 1 saturated heterocycles. The van der Waals surface area contributed by atoms with Gasteiger partial charge in [-0.25, -0.2) is 9.97 Å². The van der Waals surface area contributed by atoms with E-state index in [9.17, 15) is 0 Å². The fourth-order valence-electron chi connectivity index (χ4n) is 1.92. The lowest BCUT2D eigenvalue weighted by atomic mass is 10.3. The van der Waals surface area contributed by atoms with Crippen molar-refractivity contribution >= 4 is 11.6 Å². The minimum Gasteiger partial charge on any atom is -0.394 e. The molecule has 1 unspecified atom stereocenters. The van der Waals surface area contributed by atoms with Gasteiger partial charge in [0.25, 0.3) is 0 Å². The Hall–Kier alpha value is -1.40. The van der Waals surface area contributed by atoms with E-state index in [1.807, 2.05) is 13.1 Å². The highest BCUT2D eigenvalue weighted by atomic mass is 16.5. The number of morpholine rings is 1. The predicted octanol–water partition coefficient (Wildman–Crippen LogP) is 0.130. The lowest BCUT2D eigenvalue weighted by Crippen LogP contribution is -2.44. The van der Waals surface area contributed by atoms with Gasteiger partial charge in [0.1, 0.15) is 18.0 Å². The van der Waals surface area contributed by atoms with Crippen molar-refractivity contribution in [2.75, 3.05) is 49.7 Å². The minimum atomic E-state index is -0.124. The molecule has 1 aliphatic rings. The van der Waals surface area contributed by atoms with Crippen LogP contribution in [0.1, 0.15) is 6.92 Å². The van der Waals surface area contributed by atoms with E-state index in [4.69, 9.17) is 9.84 Å². The molecule has 0 amide bonds. The summed E-state index contributed by atoms with van der Waals surface area (Å²) < 4.78 is 5.43. The summed E-state index contributed by atoms with van der Waals surface area (Å²) in [6.45, 7) is 5.11. The van der Waals surface area contributed by atoms with Gasteiger partial charge in [-0.2, -0.15) is 0 Å². The molecular weight excluding hydrogens is 232 g/mol. The number of ether oxygens (including phenoxy) is 1. The third kappa shape index (κ3) is 2.88. The minimum absolute atomic E-state index is 0.0449. The summed E-state index contributed by atoms with van der Waals surface area (Å²) in [6, 6.07) is 1.98. The molecule has 0 aliphatic carbocycles. The molecule has 1 aromatic heterocycles. The first kappa shape index (κ1) is 13.0. The van der Waals surface area contributed by atoms with Crippen molar-refractivity contribution in [2.24, 2.45) is 0 Å². The molecule has 0 bridgehead atoms. The Bertz CT molecular complexity index is 388. The maximum absolute atomic E-state index is 9.14. The SMILES string of the molecule is CCN(C)c1cc(N2CCOC(CO)C2)ncn1. The molecular formula is C12H20N4O2. The van der Waals surface area contributed by atoms with Crippen LogP contribution in [0.5, 0.6) is 0 Å². The first-order valence-electron chi connectivity index (χ1n) is 6.25. The van der Waals surface area contributed by atoms with Crippen molar-refractivity contribution in [3.63, 3.8) is 0 Å². The van der Waals surface area contributed by atoms with E-state index < -0.39 is 0 Å². The number of hydrogen-bond acceptors (Lipinski definition) is 6. The Morgan fingerprint density at radius 2 is 2.39 bits per heavy atom. The lowest BCUT2D eigenvalue weighted by Gasteiger charge is -2.33. The fraction of sp³-hybridized carbons (Fsp3) is 0.667. The molecule has 1 fully saturated rings. The van der Waals surface area contributed by atoms with Crippen molar-refractivity contribution in [1.82, 2.24) is 9.97 Å². The van der Waals surface area contributed by atoms with Gasteiger partial charge >= 0.3 is 0 Å². The van der Waals surface area contributed by atoms with Gasteiger partial charge < -0.3 is 19.6 Å². The molecule has 2 heterocycles. The van der Waals surface area contributed by atoms with Gasteiger partial charge in [-0.3, -0.25) is 0 Å². The van der Waals surface area contributed by atoms with Gasteiger partial charge in [0.2, 0.25) is 0 Å². The van der Waals surface area contributed by atoms with E-state index in [-0.39, 0.29) is 12.7 Å². The number of aliphatic hydroxyl groups is 1. The molecule has 0 saturated carbocycles. The third-order valence-electron chi connectivity index (χ3n) is 3.17. The van der Waals surface area contributed by atoms with E-state index in [1.165, 1.54) is 0 Å². The molecule has 0 spiro atoms. The van der Waals surface area contributed by atoms with Crippen LogP contribution in [0.2, 0.25) is 0 Å². The zero-order chi connectivity index (χ0) is 13.0. The highest BCUT2D eigenvalue weighted by Gasteiger charge is 2.21. The topological polar surface area (TPSA) is 61.7 Å². The van der Waals surface area contributed by atoms with E-state index >= 15 is 0 Å². The molecule has 18 heavy (non-hydrogen) atoms. The Labute approximate surface area is 107 Å². The van der Waals surface area contributed by atoms with E-state index in [0.717, 1.165) is 24.7 Å². The summed E-state index contributed by atoms with van der Waals surface area (Å²) in [5, 5.41) is 9.14. The monoisotopic (exact) mass is 252 g/mol. The third-order valence-corrected chi connectivity index (χ3v) is 3.17. The van der Waals surface area contributed by atoms with Gasteiger partial charge in [-0.1, -0.05) is 0 Å². The second kappa shape index (κ2) is 5.97. The number of anilines is 2. The van der Waals surface area contributed by atoms with E-state index in [0.29, 0.717) is 13.2 Å². The van der Waals surface area contributed by atoms with Crippen LogP contribution in [0.4, 0.5) is 11.6 Å². The number of hydrogen-bond donors (Lipinski definition) is 1. The van der Waals surface area contributed by atoms with Crippen LogP contribution in [0, 0.1) is 0 Å². The van der Waals surface area contributed by atoms with E-state index in [1.54, 1.807) is 6.33 Å². The van der Waals surface area contributed by atoms with Crippen LogP contribution in [-0.4, -0.2) is 61.1 Å². The molecule has 1 aliphatic heterocycles. The van der Waals surface area contributed by atoms with Gasteiger partial charge in [0.05, 0.1) is 19.3 Å². The summed E-state index contributed by atoms with van der Waals surface area (Å²) in [7, 11) is 2.00. The highest BCUT2D eigenvalue weighted by molar-refractivity contribution is 5.49. The molecule has 1 atom stereocenters. The lowest BCUT2D eigenvalue weighted by molar-refractivity contribution is 0.00336. The predicted molar refractivity (Wildman–Crippen MR) is 70.0 cm³/mol. The zero-order valence-electron chi connectivity index (χ0n) is 10.9. The van der Waals surface area contributed by atoms with Gasteiger partial charge in [-0.15, -0.1) is 0 Å². The number of nitrogens with zero attached hydrogens (tertiary/aromatic N) is 4. The summed E-state index contributed by atoms with van der Waals surface area (Å²) in [5.74, 6) is 1.80. The molecule has 6 heteroatoms. The quantitative estimate of drug-likeness (QED) is 0.822. The largest absolute Gasteiger partial charge is 0.394 e. The highest BCUT2D eigenvalue weighted by Crippen LogP contribution is 2.18. The van der Waals surface area contributed by atoms with Crippen molar-refractivity contribution in [3.05, 3.63) is 12.4 Å². The van der Waals surface area contributed by atoms with E-state index in [2.05, 4.69) is 26.7 Å². The zero-order valence-corrected chi connectivity index (χ0v) is 10.9. The maximum atomic E-state index is 9.14. The first-order valence-corrected chi connectivity index (χ1v) is 6.25. The Morgan fingerprint density at radius 3 is 3.11 bits per heavy atom. The van der Waals surface area contributed by atoms with Gasteiger partial charge in [0.15, 0.2) is 0 Å². The van der Waals surface area contributed by atoms with Crippen LogP contribution in [-0.2, 0) is 4.74 Å². The number of aromatic nitrogens is 2. The Morgan fingerprint density at radius 1 is 1.56 bits per heavy atom. The normalized spacial score (nSPS) is 19.9. The average Bonchev–Trinajstić information content (AvgIpc) is 2.46. The summed E-state index contributed by atoms with van der Waals surface area (Å²) in [4.78, 5) is 12.7. The second-order valence-corrected chi connectivity index (χ2v) is 4.37. The molecule has 0 aromatic carbocycles. The van der Waals surface area contributed by atoms with Crippen molar-refractivity contribution < 1.29 is 9.84 Å². The Kier molecular flexibility index (Phi) is 4.33. The first-order chi connectivity index (χ1) is 8.74. The molecule has 1 aromatic rings. The summed E-state index contributed by atoms with van der Waals surface area (Å²) in [5.41, 5.74) is 0. The average molecular weight is 252 g/mol. The smallest absolute Gasteiger partial charge is 0.134 e. The van der Waals surface area contributed by atoms with Crippen molar-refractivity contribution in [2.45, 2.75) is 13.0 Å². The van der Waals surface area contributed by atoms with Gasteiger partial charge in [-0.05, 0) is 6.92 Å². The molecule has 100 valence electrons. The van der Waals surface area contributed by atoms with Crippen LogP contribution in [0.3, 0.4) is 0 Å². The maximum Gasteiger partial charge on any atom is 0.134 e. The van der Waals surface area contributed by atoms with Crippen LogP contribution < -0.4 is 9.80 Å². The standard InChI is InChI=1S/C12H20N4O2/c1-3-15(2)11-6-12(14-9-13-11)16-4-5-18-10(7-16)8-17/h6,9-10,17H,3-5,7-8H2,1-2H3. The molecule has 0 radical (unpaired) electrons. The Balaban J connectivity index is 2.12. The van der Waals surface area contributed by atoms with Crippen LogP contribution in [0.15, 0.2) is 12.4 Å². The van der Waals surface area contributed by atoms with Gasteiger partial charge in [0, 0.05) is 32.7 Å². The number of aliphatic hydroxyl groups excluding tert-OH is 1. The molecule has 2 rings (SSSR count). The van der Waals surface area contributed by atoms with Crippen LogP contribution in [0.25, 0.3) is 0 Å². The number of rotatable bonds is 4. The summed E-state index contributed by atoms with van der Waals surface area (Å²) in [6.07, 6.45) is 1.46. The summed E-state index contributed by atoms with van der Waals surface area (Å²) >= 11 is 0. The van der Waals surface area contributed by atoms with Crippen LogP contribution >= 0.6 is 0 Å². The van der Waals surface area contributed by atoms with Crippen molar-refractivity contribution in [3.8, 4) is 0 Å². The van der Waals surface area contributed by atoms with Crippen molar-refractivity contribution in [1.29, 1.82) is 0 Å². The second-order valence-electron chi connectivity index (χ2n) is 4.37.